The van der Waals surface area contributed by atoms with Crippen molar-refractivity contribution in [2.24, 2.45) is 0 Å². The number of carbonyl (C=O) groups is 2. The minimum atomic E-state index is -0.680. The van der Waals surface area contributed by atoms with E-state index in [1.54, 1.807) is 30.5 Å². The molecule has 0 radical (unpaired) electrons. The second-order valence-corrected chi connectivity index (χ2v) is 5.42. The lowest BCUT2D eigenvalue weighted by Crippen LogP contribution is -2.12. The molecule has 11 nitrogen and oxygen atoms in total. The summed E-state index contributed by atoms with van der Waals surface area (Å²) < 4.78 is 6.29. The van der Waals surface area contributed by atoms with Crippen LogP contribution in [0, 0.1) is 10.1 Å². The van der Waals surface area contributed by atoms with E-state index < -0.39 is 16.8 Å². The minimum Gasteiger partial charge on any atom is -0.465 e. The fraction of sp³-hybridized carbons (Fsp3) is 0.125. The SMILES string of the molecule is COC(=O)c1ccccc1Cn1cc(NC(=O)c2cc([N+](=O)[O-])[nH]n2)cn1. The number of benzene rings is 1. The second kappa shape index (κ2) is 7.47. The Balaban J connectivity index is 1.71. The molecule has 11 heteroatoms. The number of hydrogen-bond acceptors (Lipinski definition) is 7. The van der Waals surface area contributed by atoms with Crippen LogP contribution in [0.5, 0.6) is 0 Å². The topological polar surface area (TPSA) is 145 Å². The predicted octanol–water partition coefficient (Wildman–Crippen LogP) is 1.60. The van der Waals surface area contributed by atoms with Gasteiger partial charge in [-0.15, -0.1) is 5.10 Å². The normalized spacial score (nSPS) is 10.4. The maximum atomic E-state index is 12.1. The van der Waals surface area contributed by atoms with E-state index in [2.05, 4.69) is 20.6 Å². The Hall–Kier alpha value is -4.02. The number of amides is 1. The summed E-state index contributed by atoms with van der Waals surface area (Å²) in [5.41, 5.74) is 1.38. The number of nitrogens with zero attached hydrogens (tertiary/aromatic N) is 4. The molecular weight excluding hydrogens is 356 g/mol. The number of methoxy groups -OCH3 is 1. The third kappa shape index (κ3) is 3.98. The summed E-state index contributed by atoms with van der Waals surface area (Å²) in [5, 5.41) is 23.1. The van der Waals surface area contributed by atoms with Gasteiger partial charge in [0.25, 0.3) is 5.91 Å². The number of rotatable bonds is 6. The van der Waals surface area contributed by atoms with E-state index in [0.29, 0.717) is 16.8 Å². The molecule has 0 bridgehead atoms. The summed E-state index contributed by atoms with van der Waals surface area (Å²) in [7, 11) is 1.31. The van der Waals surface area contributed by atoms with Crippen molar-refractivity contribution in [2.45, 2.75) is 6.54 Å². The molecule has 0 aliphatic rings. The summed E-state index contributed by atoms with van der Waals surface area (Å²) in [6.07, 6.45) is 2.98. The van der Waals surface area contributed by atoms with Crippen molar-refractivity contribution in [1.82, 2.24) is 20.0 Å². The highest BCUT2D eigenvalue weighted by atomic mass is 16.6. The monoisotopic (exact) mass is 370 g/mol. The van der Waals surface area contributed by atoms with Crippen LogP contribution in [0.3, 0.4) is 0 Å². The van der Waals surface area contributed by atoms with Crippen molar-refractivity contribution < 1.29 is 19.2 Å². The van der Waals surface area contributed by atoms with Gasteiger partial charge >= 0.3 is 11.8 Å². The molecule has 27 heavy (non-hydrogen) atoms. The van der Waals surface area contributed by atoms with Gasteiger partial charge in [0, 0.05) is 6.20 Å². The quantitative estimate of drug-likeness (QED) is 0.381. The molecule has 138 valence electrons. The van der Waals surface area contributed by atoms with E-state index in [-0.39, 0.29) is 18.1 Å². The number of anilines is 1. The number of aromatic nitrogens is 4. The summed E-state index contributed by atoms with van der Waals surface area (Å²) >= 11 is 0. The van der Waals surface area contributed by atoms with Crippen molar-refractivity contribution in [3.05, 3.63) is 69.7 Å². The Morgan fingerprint density at radius 1 is 1.37 bits per heavy atom. The Labute approximate surface area is 152 Å². The molecule has 0 aliphatic heterocycles. The molecule has 0 saturated heterocycles. The first-order chi connectivity index (χ1) is 13.0. The average molecular weight is 370 g/mol. The number of nitro groups is 1. The van der Waals surface area contributed by atoms with Crippen LogP contribution in [-0.2, 0) is 11.3 Å². The van der Waals surface area contributed by atoms with E-state index >= 15 is 0 Å². The van der Waals surface area contributed by atoms with E-state index in [1.807, 2.05) is 0 Å². The number of nitrogens with one attached hydrogen (secondary N) is 2. The van der Waals surface area contributed by atoms with E-state index in [0.717, 1.165) is 6.07 Å². The van der Waals surface area contributed by atoms with Gasteiger partial charge in [-0.2, -0.15) is 5.10 Å². The largest absolute Gasteiger partial charge is 0.465 e. The second-order valence-electron chi connectivity index (χ2n) is 5.42. The van der Waals surface area contributed by atoms with Gasteiger partial charge in [-0.1, -0.05) is 23.3 Å². The van der Waals surface area contributed by atoms with Crippen LogP contribution in [0.25, 0.3) is 0 Å². The molecule has 0 spiro atoms. The van der Waals surface area contributed by atoms with Crippen molar-refractivity contribution >= 4 is 23.4 Å². The van der Waals surface area contributed by atoms with Gasteiger partial charge in [0.1, 0.15) is 0 Å². The number of carbonyl (C=O) groups excluding carboxylic acids is 2. The molecule has 1 aromatic carbocycles. The number of aromatic amines is 1. The van der Waals surface area contributed by atoms with Gasteiger partial charge in [-0.3, -0.25) is 9.48 Å². The number of H-pyrrole nitrogens is 1. The van der Waals surface area contributed by atoms with Crippen LogP contribution in [0.1, 0.15) is 26.4 Å². The molecule has 3 rings (SSSR count). The van der Waals surface area contributed by atoms with Crippen LogP contribution in [0.2, 0.25) is 0 Å². The lowest BCUT2D eigenvalue weighted by Gasteiger charge is -2.07. The van der Waals surface area contributed by atoms with Gasteiger partial charge in [0.2, 0.25) is 0 Å². The van der Waals surface area contributed by atoms with Crippen LogP contribution in [0.4, 0.5) is 11.5 Å². The van der Waals surface area contributed by atoms with E-state index in [4.69, 9.17) is 4.74 Å². The Bertz CT molecular complexity index is 1010. The maximum absolute atomic E-state index is 12.1. The third-order valence-electron chi connectivity index (χ3n) is 3.64. The molecule has 3 aromatic rings. The van der Waals surface area contributed by atoms with Gasteiger partial charge in [0.05, 0.1) is 37.2 Å². The highest BCUT2D eigenvalue weighted by molar-refractivity contribution is 6.03. The summed E-state index contributed by atoms with van der Waals surface area (Å²) in [6.45, 7) is 0.287. The average Bonchev–Trinajstić information content (AvgIpc) is 3.31. The van der Waals surface area contributed by atoms with Crippen LogP contribution in [0.15, 0.2) is 42.7 Å². The standard InChI is InChI=1S/C16H14N6O5/c1-27-16(24)12-5-3-2-4-10(12)8-21-9-11(7-17-21)18-15(23)13-6-14(20-19-13)22(25)26/h2-7,9H,8H2,1H3,(H,18,23)(H,19,20). The smallest absolute Gasteiger partial charge is 0.343 e. The maximum Gasteiger partial charge on any atom is 0.343 e. The van der Waals surface area contributed by atoms with E-state index in [9.17, 15) is 19.7 Å². The van der Waals surface area contributed by atoms with Gasteiger partial charge < -0.3 is 20.2 Å². The zero-order chi connectivity index (χ0) is 19.4. The van der Waals surface area contributed by atoms with Crippen LogP contribution in [-0.4, -0.2) is 43.9 Å². The Kier molecular flexibility index (Phi) is 4.92. The lowest BCUT2D eigenvalue weighted by atomic mass is 10.1. The number of hydrogen-bond donors (Lipinski definition) is 2. The molecular formula is C16H14N6O5. The van der Waals surface area contributed by atoms with Gasteiger partial charge in [-0.25, -0.2) is 4.79 Å². The van der Waals surface area contributed by atoms with Gasteiger partial charge in [-0.05, 0) is 16.6 Å². The van der Waals surface area contributed by atoms with Gasteiger partial charge in [0.15, 0.2) is 5.69 Å². The zero-order valence-corrected chi connectivity index (χ0v) is 14.1. The molecule has 0 saturated carbocycles. The first-order valence-corrected chi connectivity index (χ1v) is 7.67. The predicted molar refractivity (Wildman–Crippen MR) is 92.3 cm³/mol. The Morgan fingerprint density at radius 3 is 2.85 bits per heavy atom. The molecule has 1 amide bonds. The van der Waals surface area contributed by atoms with Crippen molar-refractivity contribution in [1.29, 1.82) is 0 Å². The number of esters is 1. The van der Waals surface area contributed by atoms with Crippen molar-refractivity contribution in [2.75, 3.05) is 12.4 Å². The third-order valence-corrected chi connectivity index (χ3v) is 3.64. The molecule has 2 heterocycles. The number of ether oxygens (including phenoxy) is 1. The van der Waals surface area contributed by atoms with Crippen LogP contribution < -0.4 is 5.32 Å². The highest BCUT2D eigenvalue weighted by Crippen LogP contribution is 2.15. The highest BCUT2D eigenvalue weighted by Gasteiger charge is 2.17. The summed E-state index contributed by atoms with van der Waals surface area (Å²) in [6, 6.07) is 7.98. The fourth-order valence-corrected chi connectivity index (χ4v) is 2.37. The first-order valence-electron chi connectivity index (χ1n) is 7.67. The van der Waals surface area contributed by atoms with Crippen LogP contribution >= 0.6 is 0 Å². The minimum absolute atomic E-state index is 0.120. The van der Waals surface area contributed by atoms with E-state index in [1.165, 1.54) is 18.0 Å². The fourth-order valence-electron chi connectivity index (χ4n) is 2.37. The van der Waals surface area contributed by atoms with Crippen molar-refractivity contribution in [3.8, 4) is 0 Å². The summed E-state index contributed by atoms with van der Waals surface area (Å²) in [5.74, 6) is -1.45. The molecule has 2 aromatic heterocycles. The lowest BCUT2D eigenvalue weighted by molar-refractivity contribution is -0.389. The molecule has 0 unspecified atom stereocenters. The first kappa shape index (κ1) is 17.8. The van der Waals surface area contributed by atoms with Crippen molar-refractivity contribution in [3.63, 3.8) is 0 Å². The molecule has 0 aliphatic carbocycles. The molecule has 0 atom stereocenters. The molecule has 2 N–H and O–H groups in total. The zero-order valence-electron chi connectivity index (χ0n) is 14.1. The summed E-state index contributed by atoms with van der Waals surface area (Å²) in [4.78, 5) is 33.8. The Morgan fingerprint density at radius 2 is 2.15 bits per heavy atom. The molecule has 0 fully saturated rings.